The molecule has 1 aliphatic carbocycles. The molecule has 0 fully saturated rings. The van der Waals surface area contributed by atoms with E-state index in [0.29, 0.717) is 6.42 Å². The van der Waals surface area contributed by atoms with Crippen molar-refractivity contribution in [3.05, 3.63) is 68.0 Å². The van der Waals surface area contributed by atoms with Gasteiger partial charge < -0.3 is 0 Å². The van der Waals surface area contributed by atoms with Crippen molar-refractivity contribution in [1.82, 2.24) is 9.13 Å². The Labute approximate surface area is 140 Å². The predicted octanol–water partition coefficient (Wildman–Crippen LogP) is 1.08. The highest BCUT2D eigenvalue weighted by atomic mass is 32.2. The Kier molecular flexibility index (Phi) is 4.21. The van der Waals surface area contributed by atoms with Crippen LogP contribution in [0.4, 0.5) is 0 Å². The second kappa shape index (κ2) is 6.05. The number of hydrogen-bond acceptors (Lipinski definition) is 4. The Bertz CT molecular complexity index is 1000. The Hall–Kier alpha value is -2.15. The summed E-state index contributed by atoms with van der Waals surface area (Å²) in [6.45, 7) is 0. The van der Waals surface area contributed by atoms with Crippen LogP contribution in [0, 0.1) is 0 Å². The van der Waals surface area contributed by atoms with E-state index in [1.165, 1.54) is 24.7 Å². The monoisotopic (exact) mass is 348 g/mol. The number of benzene rings is 1. The van der Waals surface area contributed by atoms with Crippen molar-refractivity contribution in [2.45, 2.75) is 30.3 Å². The van der Waals surface area contributed by atoms with Crippen LogP contribution < -0.4 is 11.2 Å². The normalized spacial score (nSPS) is 17.5. The topological polar surface area (TPSA) is 78.1 Å². The van der Waals surface area contributed by atoms with Gasteiger partial charge in [0.2, 0.25) is 0 Å². The second-order valence-electron chi connectivity index (χ2n) is 6.26. The van der Waals surface area contributed by atoms with E-state index in [9.17, 15) is 18.0 Å². The third-order valence-corrected chi connectivity index (χ3v) is 6.78. The maximum absolute atomic E-state index is 13.0. The fraction of sp³-hybridized carbons (Fsp3) is 0.412. The first-order valence-electron chi connectivity index (χ1n) is 7.86. The van der Waals surface area contributed by atoms with Gasteiger partial charge in [-0.15, -0.1) is 0 Å². The zero-order chi connectivity index (χ0) is 17.5. The van der Waals surface area contributed by atoms with Crippen molar-refractivity contribution >= 4 is 9.84 Å². The maximum Gasteiger partial charge on any atom is 0.330 e. The molecule has 0 saturated heterocycles. The highest BCUT2D eigenvalue weighted by Crippen LogP contribution is 2.36. The molecule has 0 spiro atoms. The van der Waals surface area contributed by atoms with Crippen LogP contribution in [-0.4, -0.2) is 17.6 Å². The molecule has 1 heterocycles. The third-order valence-electron chi connectivity index (χ3n) is 4.72. The first-order chi connectivity index (χ1) is 11.3. The summed E-state index contributed by atoms with van der Waals surface area (Å²) in [6.07, 6.45) is 2.26. The summed E-state index contributed by atoms with van der Waals surface area (Å²) in [5, 5.41) is -0.582. The quantitative estimate of drug-likeness (QED) is 0.831. The van der Waals surface area contributed by atoms with Crippen LogP contribution in [0.5, 0.6) is 0 Å². The number of rotatable bonds is 3. The lowest BCUT2D eigenvalue weighted by Gasteiger charge is -2.25. The molecule has 7 heteroatoms. The van der Waals surface area contributed by atoms with Crippen molar-refractivity contribution in [2.75, 3.05) is 0 Å². The summed E-state index contributed by atoms with van der Waals surface area (Å²) in [5.74, 6) is -0.312. The van der Waals surface area contributed by atoms with Gasteiger partial charge in [0.15, 0.2) is 9.84 Å². The molecule has 1 aromatic heterocycles. The third kappa shape index (κ3) is 2.84. The first kappa shape index (κ1) is 16.7. The van der Waals surface area contributed by atoms with Gasteiger partial charge in [0, 0.05) is 25.9 Å². The van der Waals surface area contributed by atoms with Gasteiger partial charge in [-0.1, -0.05) is 24.3 Å². The second-order valence-corrected chi connectivity index (χ2v) is 8.44. The molecule has 1 atom stereocenters. The van der Waals surface area contributed by atoms with Gasteiger partial charge in [0.25, 0.3) is 5.56 Å². The average molecular weight is 348 g/mol. The van der Waals surface area contributed by atoms with E-state index in [-0.39, 0.29) is 11.4 Å². The Morgan fingerprint density at radius 3 is 2.58 bits per heavy atom. The molecule has 128 valence electrons. The molecule has 0 saturated carbocycles. The molecule has 0 aliphatic heterocycles. The summed E-state index contributed by atoms with van der Waals surface area (Å²) in [6, 6.07) is 8.82. The van der Waals surface area contributed by atoms with Crippen molar-refractivity contribution in [3.8, 4) is 0 Å². The van der Waals surface area contributed by atoms with Crippen LogP contribution in [0.2, 0.25) is 0 Å². The lowest BCUT2D eigenvalue weighted by Crippen LogP contribution is -2.38. The minimum Gasteiger partial charge on any atom is -0.300 e. The fourth-order valence-corrected chi connectivity index (χ4v) is 5.34. The van der Waals surface area contributed by atoms with E-state index >= 15 is 0 Å². The van der Waals surface area contributed by atoms with Gasteiger partial charge in [-0.3, -0.25) is 13.9 Å². The molecule has 1 unspecified atom stereocenters. The van der Waals surface area contributed by atoms with E-state index in [1.807, 2.05) is 24.3 Å². The molecule has 24 heavy (non-hydrogen) atoms. The molecule has 1 aliphatic rings. The van der Waals surface area contributed by atoms with Crippen molar-refractivity contribution in [1.29, 1.82) is 0 Å². The summed E-state index contributed by atoms with van der Waals surface area (Å²) >= 11 is 0. The molecular weight excluding hydrogens is 328 g/mol. The minimum absolute atomic E-state index is 0.228. The summed E-state index contributed by atoms with van der Waals surface area (Å²) in [7, 11) is -0.664. The SMILES string of the molecule is Cn1c(CS(=O)(=O)C2CCCc3ccccc32)cc(=O)n(C)c1=O. The van der Waals surface area contributed by atoms with E-state index in [0.717, 1.165) is 28.5 Å². The van der Waals surface area contributed by atoms with Crippen LogP contribution in [-0.2, 0) is 36.1 Å². The Morgan fingerprint density at radius 1 is 1.12 bits per heavy atom. The van der Waals surface area contributed by atoms with Gasteiger partial charge >= 0.3 is 5.69 Å². The Balaban J connectivity index is 2.03. The van der Waals surface area contributed by atoms with Gasteiger partial charge in [0.1, 0.15) is 0 Å². The van der Waals surface area contributed by atoms with Gasteiger partial charge in [-0.2, -0.15) is 0 Å². The van der Waals surface area contributed by atoms with Crippen molar-refractivity contribution in [2.24, 2.45) is 14.1 Å². The highest BCUT2D eigenvalue weighted by Gasteiger charge is 2.32. The minimum atomic E-state index is -3.53. The number of sulfone groups is 1. The standard InChI is InChI=1S/C17H20N2O4S/c1-18-13(10-16(20)19(2)17(18)21)11-24(22,23)15-9-5-7-12-6-3-4-8-14(12)15/h3-4,6,8,10,15H,5,7,9,11H2,1-2H3. The van der Waals surface area contributed by atoms with Crippen LogP contribution in [0.25, 0.3) is 0 Å². The smallest absolute Gasteiger partial charge is 0.300 e. The van der Waals surface area contributed by atoms with Crippen LogP contribution in [0.3, 0.4) is 0 Å². The average Bonchev–Trinajstić information content (AvgIpc) is 2.57. The van der Waals surface area contributed by atoms with Gasteiger partial charge in [0.05, 0.1) is 11.0 Å². The zero-order valence-electron chi connectivity index (χ0n) is 13.7. The number of nitrogens with zero attached hydrogens (tertiary/aromatic N) is 2. The molecule has 6 nitrogen and oxygen atoms in total. The van der Waals surface area contributed by atoms with Crippen molar-refractivity contribution in [3.63, 3.8) is 0 Å². The van der Waals surface area contributed by atoms with Gasteiger partial charge in [-0.25, -0.2) is 13.2 Å². The molecule has 0 N–H and O–H groups in total. The van der Waals surface area contributed by atoms with Crippen molar-refractivity contribution < 1.29 is 8.42 Å². The predicted molar refractivity (Wildman–Crippen MR) is 91.7 cm³/mol. The summed E-state index contributed by atoms with van der Waals surface area (Å²) in [4.78, 5) is 23.8. The van der Waals surface area contributed by atoms with Crippen LogP contribution >= 0.6 is 0 Å². The van der Waals surface area contributed by atoms with E-state index in [2.05, 4.69) is 0 Å². The first-order valence-corrected chi connectivity index (χ1v) is 9.58. The summed E-state index contributed by atoms with van der Waals surface area (Å²) < 4.78 is 28.1. The fourth-order valence-electron chi connectivity index (χ4n) is 3.31. The zero-order valence-corrected chi connectivity index (χ0v) is 14.5. The lowest BCUT2D eigenvalue weighted by atomic mass is 9.91. The lowest BCUT2D eigenvalue weighted by molar-refractivity contribution is 0.555. The van der Waals surface area contributed by atoms with Crippen LogP contribution in [0.1, 0.15) is 34.9 Å². The van der Waals surface area contributed by atoms with Crippen LogP contribution in [0.15, 0.2) is 39.9 Å². The maximum atomic E-state index is 13.0. The summed E-state index contributed by atoms with van der Waals surface area (Å²) in [5.41, 5.74) is 1.13. The molecule has 3 rings (SSSR count). The highest BCUT2D eigenvalue weighted by molar-refractivity contribution is 7.90. The number of hydrogen-bond donors (Lipinski definition) is 0. The largest absolute Gasteiger partial charge is 0.330 e. The molecule has 0 bridgehead atoms. The number of fused-ring (bicyclic) bond motifs is 1. The van der Waals surface area contributed by atoms with E-state index < -0.39 is 26.3 Å². The van der Waals surface area contributed by atoms with E-state index in [1.54, 1.807) is 0 Å². The van der Waals surface area contributed by atoms with E-state index in [4.69, 9.17) is 0 Å². The molecular formula is C17H20N2O4S. The number of aromatic nitrogens is 2. The number of aryl methyl sites for hydroxylation is 1. The molecule has 0 radical (unpaired) electrons. The van der Waals surface area contributed by atoms with Gasteiger partial charge in [-0.05, 0) is 30.4 Å². The molecule has 2 aromatic rings. The molecule has 1 aromatic carbocycles. The molecule has 0 amide bonds. The Morgan fingerprint density at radius 2 is 1.83 bits per heavy atom.